The molecule has 0 spiro atoms. The molecule has 0 atom stereocenters. The average Bonchev–Trinajstić information content (AvgIpc) is 2.43. The molecule has 1 N–H and O–H groups in total. The lowest BCUT2D eigenvalue weighted by Crippen LogP contribution is -2.02. The van der Waals surface area contributed by atoms with Gasteiger partial charge in [0.05, 0.1) is 10.5 Å². The van der Waals surface area contributed by atoms with Crippen LogP contribution in [0.25, 0.3) is 0 Å². The van der Waals surface area contributed by atoms with Crippen LogP contribution in [-0.2, 0) is 0 Å². The van der Waals surface area contributed by atoms with Gasteiger partial charge in [-0.15, -0.1) is 0 Å². The van der Waals surface area contributed by atoms with Crippen molar-refractivity contribution in [3.63, 3.8) is 0 Å². The number of nitrogens with zero attached hydrogens (tertiary/aromatic N) is 2. The van der Waals surface area contributed by atoms with E-state index < -0.39 is 10.9 Å². The number of carboxylic acid groups (broad SMARTS) is 1. The smallest absolute Gasteiger partial charge is 0.338 e. The van der Waals surface area contributed by atoms with E-state index >= 15 is 0 Å². The van der Waals surface area contributed by atoms with Crippen LogP contribution in [0.1, 0.15) is 21.5 Å². The second-order valence-electron chi connectivity index (χ2n) is 4.46. The van der Waals surface area contributed by atoms with E-state index in [1.165, 1.54) is 11.8 Å². The summed E-state index contributed by atoms with van der Waals surface area (Å²) in [6.45, 7) is 3.94. The van der Waals surface area contributed by atoms with Crippen LogP contribution in [0.15, 0.2) is 40.4 Å². The van der Waals surface area contributed by atoms with E-state index in [0.29, 0.717) is 0 Å². The van der Waals surface area contributed by atoms with Gasteiger partial charge in [0.15, 0.2) is 0 Å². The number of hydrogen-bond donors (Lipinski definition) is 1. The number of carbonyl (C=O) groups is 1. The van der Waals surface area contributed by atoms with E-state index in [-0.39, 0.29) is 16.3 Å². The second kappa shape index (κ2) is 5.92. The van der Waals surface area contributed by atoms with Gasteiger partial charge < -0.3 is 5.11 Å². The highest BCUT2D eigenvalue weighted by Gasteiger charge is 2.18. The van der Waals surface area contributed by atoms with Crippen LogP contribution < -0.4 is 0 Å². The zero-order valence-electron chi connectivity index (χ0n) is 11.4. The van der Waals surface area contributed by atoms with Gasteiger partial charge in [0.2, 0.25) is 0 Å². The molecule has 0 fully saturated rings. The third-order valence-corrected chi connectivity index (χ3v) is 3.98. The maximum Gasteiger partial charge on any atom is 0.338 e. The summed E-state index contributed by atoms with van der Waals surface area (Å²) in [5.41, 5.74) is 1.71. The lowest BCUT2D eigenvalue weighted by molar-refractivity contribution is -0.385. The average molecular weight is 304 g/mol. The fraction of sp³-hybridized carbons (Fsp3) is 0.143. The molecule has 2 rings (SSSR count). The van der Waals surface area contributed by atoms with Crippen molar-refractivity contribution in [2.75, 3.05) is 0 Å². The normalized spacial score (nSPS) is 10.4. The van der Waals surface area contributed by atoms with Gasteiger partial charge in [-0.1, -0.05) is 17.8 Å². The van der Waals surface area contributed by atoms with E-state index in [0.717, 1.165) is 28.3 Å². The number of hydrogen-bond acceptors (Lipinski definition) is 5. The van der Waals surface area contributed by atoms with Gasteiger partial charge in [-0.2, -0.15) is 0 Å². The van der Waals surface area contributed by atoms with Crippen molar-refractivity contribution in [1.29, 1.82) is 0 Å². The van der Waals surface area contributed by atoms with E-state index in [1.807, 2.05) is 32.0 Å². The van der Waals surface area contributed by atoms with Crippen LogP contribution in [0.2, 0.25) is 0 Å². The molecule has 0 saturated heterocycles. The molecule has 6 nitrogen and oxygen atoms in total. The van der Waals surface area contributed by atoms with E-state index in [4.69, 9.17) is 0 Å². The molecule has 1 heterocycles. The molecule has 0 aliphatic rings. The molecule has 0 unspecified atom stereocenters. The predicted molar refractivity (Wildman–Crippen MR) is 77.9 cm³/mol. The monoisotopic (exact) mass is 304 g/mol. The summed E-state index contributed by atoms with van der Waals surface area (Å²) >= 11 is 1.17. The quantitative estimate of drug-likeness (QED) is 0.686. The number of aromatic nitrogens is 1. The second-order valence-corrected chi connectivity index (χ2v) is 5.52. The molecule has 0 amide bonds. The number of nitro groups is 1. The lowest BCUT2D eigenvalue weighted by Gasteiger charge is -2.07. The lowest BCUT2D eigenvalue weighted by atomic mass is 10.1. The fourth-order valence-corrected chi connectivity index (χ4v) is 2.62. The molecule has 7 heteroatoms. The number of aryl methyl sites for hydroxylation is 2. The van der Waals surface area contributed by atoms with Crippen molar-refractivity contribution in [2.24, 2.45) is 0 Å². The van der Waals surface area contributed by atoms with Crippen molar-refractivity contribution >= 4 is 23.4 Å². The van der Waals surface area contributed by atoms with E-state index in [9.17, 15) is 20.0 Å². The van der Waals surface area contributed by atoms with Gasteiger partial charge in [0.1, 0.15) is 11.2 Å². The molecule has 1 aromatic heterocycles. The van der Waals surface area contributed by atoms with Crippen molar-refractivity contribution < 1.29 is 14.8 Å². The zero-order chi connectivity index (χ0) is 15.6. The van der Waals surface area contributed by atoms with Gasteiger partial charge in [-0.3, -0.25) is 10.1 Å². The first-order chi connectivity index (χ1) is 9.88. The molecule has 1 aromatic carbocycles. The van der Waals surface area contributed by atoms with Gasteiger partial charge in [0, 0.05) is 11.0 Å². The Morgan fingerprint density at radius 3 is 2.57 bits per heavy atom. The number of benzene rings is 1. The summed E-state index contributed by atoms with van der Waals surface area (Å²) in [4.78, 5) is 26.0. The van der Waals surface area contributed by atoms with Crippen LogP contribution in [0, 0.1) is 24.0 Å². The molecule has 0 aliphatic heterocycles. The third-order valence-electron chi connectivity index (χ3n) is 2.97. The predicted octanol–water partition coefficient (Wildman–Crippen LogP) is 3.46. The maximum absolute atomic E-state index is 11.2. The highest BCUT2D eigenvalue weighted by molar-refractivity contribution is 7.99. The third kappa shape index (κ3) is 3.38. The molecule has 21 heavy (non-hydrogen) atoms. The summed E-state index contributed by atoms with van der Waals surface area (Å²) in [5, 5.41) is 20.1. The number of rotatable bonds is 4. The summed E-state index contributed by atoms with van der Waals surface area (Å²) in [5.74, 6) is -1.24. The molecule has 0 bridgehead atoms. The van der Waals surface area contributed by atoms with Crippen molar-refractivity contribution in [1.82, 2.24) is 4.98 Å². The number of carboxylic acids is 1. The standard InChI is InChI=1S/C14H12N2O4S/c1-8-3-4-11(5-9(8)2)21-13-12(14(17)18)6-10(7-15-13)16(19)20/h3-7H,1-2H3,(H,17,18). The van der Waals surface area contributed by atoms with Crippen molar-refractivity contribution in [3.05, 3.63) is 57.3 Å². The van der Waals surface area contributed by atoms with Crippen LogP contribution in [-0.4, -0.2) is 21.0 Å². The Morgan fingerprint density at radius 1 is 1.29 bits per heavy atom. The van der Waals surface area contributed by atoms with Crippen LogP contribution in [0.4, 0.5) is 5.69 Å². The Bertz CT molecular complexity index is 731. The molecular formula is C14H12N2O4S. The maximum atomic E-state index is 11.2. The minimum Gasteiger partial charge on any atom is -0.478 e. The number of pyridine rings is 1. The van der Waals surface area contributed by atoms with Crippen LogP contribution in [0.3, 0.4) is 0 Å². The Morgan fingerprint density at radius 2 is 2.00 bits per heavy atom. The molecular weight excluding hydrogens is 292 g/mol. The Balaban J connectivity index is 2.41. The van der Waals surface area contributed by atoms with Crippen molar-refractivity contribution in [2.45, 2.75) is 23.8 Å². The Labute approximate surface area is 125 Å². The molecule has 108 valence electrons. The molecule has 0 radical (unpaired) electrons. The first kappa shape index (κ1) is 15.0. The summed E-state index contributed by atoms with van der Waals surface area (Å²) in [6, 6.07) is 6.75. The molecule has 2 aromatic rings. The zero-order valence-corrected chi connectivity index (χ0v) is 12.2. The molecule has 0 aliphatic carbocycles. The molecule has 0 saturated carbocycles. The summed E-state index contributed by atoms with van der Waals surface area (Å²) < 4.78 is 0. The van der Waals surface area contributed by atoms with Gasteiger partial charge >= 0.3 is 5.97 Å². The fourth-order valence-electron chi connectivity index (χ4n) is 1.66. The van der Waals surface area contributed by atoms with Crippen LogP contribution >= 0.6 is 11.8 Å². The highest BCUT2D eigenvalue weighted by atomic mass is 32.2. The SMILES string of the molecule is Cc1ccc(Sc2ncc([N+](=O)[O-])cc2C(=O)O)cc1C. The van der Waals surface area contributed by atoms with E-state index in [1.54, 1.807) is 0 Å². The van der Waals surface area contributed by atoms with Gasteiger partial charge in [-0.05, 0) is 37.1 Å². The van der Waals surface area contributed by atoms with E-state index in [2.05, 4.69) is 4.98 Å². The largest absolute Gasteiger partial charge is 0.478 e. The number of aromatic carboxylic acids is 1. The van der Waals surface area contributed by atoms with Crippen LogP contribution in [0.5, 0.6) is 0 Å². The first-order valence-corrected chi connectivity index (χ1v) is 6.83. The Hall–Kier alpha value is -2.41. The van der Waals surface area contributed by atoms with Gasteiger partial charge in [0.25, 0.3) is 5.69 Å². The highest BCUT2D eigenvalue weighted by Crippen LogP contribution is 2.31. The first-order valence-electron chi connectivity index (χ1n) is 6.01. The van der Waals surface area contributed by atoms with Gasteiger partial charge in [-0.25, -0.2) is 9.78 Å². The summed E-state index contributed by atoms with van der Waals surface area (Å²) in [7, 11) is 0. The Kier molecular flexibility index (Phi) is 4.23. The summed E-state index contributed by atoms with van der Waals surface area (Å²) in [6.07, 6.45) is 1.07. The van der Waals surface area contributed by atoms with Crippen molar-refractivity contribution in [3.8, 4) is 0 Å². The minimum atomic E-state index is -1.24. The minimum absolute atomic E-state index is 0.174. The topological polar surface area (TPSA) is 93.3 Å².